The molecule has 1 aromatic carbocycles. The fourth-order valence-corrected chi connectivity index (χ4v) is 3.78. The van der Waals surface area contributed by atoms with E-state index >= 15 is 0 Å². The third kappa shape index (κ3) is 4.08. The number of amides is 1. The smallest absolute Gasteiger partial charge is 0.254 e. The van der Waals surface area contributed by atoms with Crippen molar-refractivity contribution in [3.63, 3.8) is 0 Å². The number of thioether (sulfide) groups is 1. The molecule has 2 aliphatic heterocycles. The summed E-state index contributed by atoms with van der Waals surface area (Å²) in [5.74, 6) is 0.176. The molecule has 0 aromatic heterocycles. The van der Waals surface area contributed by atoms with Gasteiger partial charge in [-0.3, -0.25) is 9.69 Å². The summed E-state index contributed by atoms with van der Waals surface area (Å²) >= 11 is 1.68. The van der Waals surface area contributed by atoms with Gasteiger partial charge in [0.05, 0.1) is 6.10 Å². The van der Waals surface area contributed by atoms with Gasteiger partial charge in [0.25, 0.3) is 5.91 Å². The number of carbonyl (C=O) groups excluding carboxylic acids is 1. The number of ether oxygens (including phenoxy) is 1. The third-order valence-corrected chi connectivity index (χ3v) is 5.55. The fourth-order valence-electron chi connectivity index (χ4n) is 3.34. The van der Waals surface area contributed by atoms with Gasteiger partial charge in [-0.05, 0) is 43.7 Å². The molecule has 0 aliphatic carbocycles. The Morgan fingerprint density at radius 2 is 2.09 bits per heavy atom. The average Bonchev–Trinajstić information content (AvgIpc) is 3.08. The van der Waals surface area contributed by atoms with Crippen LogP contribution < -0.4 is 0 Å². The molecule has 2 aliphatic rings. The molecule has 4 nitrogen and oxygen atoms in total. The lowest BCUT2D eigenvalue weighted by molar-refractivity contribution is 0.0432. The van der Waals surface area contributed by atoms with E-state index in [2.05, 4.69) is 11.0 Å². The summed E-state index contributed by atoms with van der Waals surface area (Å²) in [6.07, 6.45) is 4.81. The number of nitrogens with zero attached hydrogens (tertiary/aromatic N) is 2. The van der Waals surface area contributed by atoms with Crippen molar-refractivity contribution in [3.05, 3.63) is 29.3 Å². The monoisotopic (exact) mass is 334 g/mol. The van der Waals surface area contributed by atoms with E-state index in [1.165, 1.54) is 12.8 Å². The molecule has 1 unspecified atom stereocenters. The Labute approximate surface area is 143 Å². The highest BCUT2D eigenvalue weighted by atomic mass is 32.2. The van der Waals surface area contributed by atoms with Crippen molar-refractivity contribution >= 4 is 17.7 Å². The minimum atomic E-state index is 0.176. The molecule has 5 heteroatoms. The molecular weight excluding hydrogens is 308 g/mol. The van der Waals surface area contributed by atoms with Gasteiger partial charge in [0, 0.05) is 49.8 Å². The third-order valence-electron chi connectivity index (χ3n) is 4.82. The van der Waals surface area contributed by atoms with E-state index < -0.39 is 0 Å². The molecule has 0 bridgehead atoms. The molecule has 2 heterocycles. The summed E-state index contributed by atoms with van der Waals surface area (Å²) in [7, 11) is 0. The lowest BCUT2D eigenvalue weighted by atomic mass is 10.1. The van der Waals surface area contributed by atoms with E-state index in [-0.39, 0.29) is 5.91 Å². The first-order chi connectivity index (χ1) is 11.2. The second-order valence-corrected chi connectivity index (χ2v) is 7.29. The zero-order valence-electron chi connectivity index (χ0n) is 14.1. The number of rotatable bonds is 4. The molecule has 2 saturated heterocycles. The number of hydrogen-bond acceptors (Lipinski definition) is 4. The van der Waals surface area contributed by atoms with Gasteiger partial charge in [0.2, 0.25) is 0 Å². The first kappa shape index (κ1) is 16.8. The Hall–Kier alpha value is -1.04. The van der Waals surface area contributed by atoms with E-state index in [1.54, 1.807) is 11.8 Å². The van der Waals surface area contributed by atoms with Gasteiger partial charge in [0.15, 0.2) is 0 Å². The molecule has 23 heavy (non-hydrogen) atoms. The van der Waals surface area contributed by atoms with Crippen molar-refractivity contribution in [3.8, 4) is 0 Å². The number of benzene rings is 1. The molecule has 1 amide bonds. The van der Waals surface area contributed by atoms with Crippen LogP contribution in [-0.2, 0) is 4.74 Å². The van der Waals surface area contributed by atoms with E-state index in [0.717, 1.165) is 55.4 Å². The summed E-state index contributed by atoms with van der Waals surface area (Å²) < 4.78 is 5.72. The minimum Gasteiger partial charge on any atom is -0.377 e. The molecule has 0 N–H and O–H groups in total. The van der Waals surface area contributed by atoms with Crippen molar-refractivity contribution in [1.29, 1.82) is 0 Å². The summed E-state index contributed by atoms with van der Waals surface area (Å²) in [4.78, 5) is 18.4. The van der Waals surface area contributed by atoms with Crippen molar-refractivity contribution in [2.45, 2.75) is 30.8 Å². The standard InChI is InChI=1S/C18H26N2O2S/c1-14-5-6-16(23-2)12-17(14)18(21)20-9-7-19(8-10-20)13-15-4-3-11-22-15/h5-6,12,15H,3-4,7-11,13H2,1-2H3. The highest BCUT2D eigenvalue weighted by Gasteiger charge is 2.26. The van der Waals surface area contributed by atoms with Crippen LogP contribution in [-0.4, -0.2) is 67.4 Å². The lowest BCUT2D eigenvalue weighted by Gasteiger charge is -2.36. The largest absolute Gasteiger partial charge is 0.377 e. The summed E-state index contributed by atoms with van der Waals surface area (Å²) in [5, 5.41) is 0. The van der Waals surface area contributed by atoms with Gasteiger partial charge >= 0.3 is 0 Å². The number of hydrogen-bond donors (Lipinski definition) is 0. The van der Waals surface area contributed by atoms with Crippen LogP contribution in [0.5, 0.6) is 0 Å². The highest BCUT2D eigenvalue weighted by Crippen LogP contribution is 2.21. The SMILES string of the molecule is CSc1ccc(C)c(C(=O)N2CCN(CC3CCCO3)CC2)c1. The van der Waals surface area contributed by atoms with Gasteiger partial charge in [-0.25, -0.2) is 0 Å². The maximum Gasteiger partial charge on any atom is 0.254 e. The fraction of sp³-hybridized carbons (Fsp3) is 0.611. The molecule has 3 rings (SSSR count). The summed E-state index contributed by atoms with van der Waals surface area (Å²) in [6.45, 7) is 7.48. The Morgan fingerprint density at radius 1 is 1.30 bits per heavy atom. The lowest BCUT2D eigenvalue weighted by Crippen LogP contribution is -2.50. The topological polar surface area (TPSA) is 32.8 Å². The van der Waals surface area contributed by atoms with Gasteiger partial charge in [-0.15, -0.1) is 11.8 Å². The Kier molecular flexibility index (Phi) is 5.62. The van der Waals surface area contributed by atoms with Crippen LogP contribution in [0.4, 0.5) is 0 Å². The molecular formula is C18H26N2O2S. The molecule has 0 spiro atoms. The van der Waals surface area contributed by atoms with Gasteiger partial charge in [-0.1, -0.05) is 6.07 Å². The zero-order valence-corrected chi connectivity index (χ0v) is 14.9. The predicted molar refractivity (Wildman–Crippen MR) is 94.3 cm³/mol. The average molecular weight is 334 g/mol. The Bertz CT molecular complexity index is 550. The van der Waals surface area contributed by atoms with Gasteiger partial charge in [-0.2, -0.15) is 0 Å². The van der Waals surface area contributed by atoms with Crippen LogP contribution in [0, 0.1) is 6.92 Å². The predicted octanol–water partition coefficient (Wildman–Crippen LogP) is 2.65. The Balaban J connectivity index is 1.57. The zero-order chi connectivity index (χ0) is 16.2. The normalized spacial score (nSPS) is 22.5. The van der Waals surface area contributed by atoms with Crippen LogP contribution in [0.1, 0.15) is 28.8 Å². The number of aryl methyl sites for hydroxylation is 1. The maximum atomic E-state index is 12.8. The second kappa shape index (κ2) is 7.69. The quantitative estimate of drug-likeness (QED) is 0.793. The van der Waals surface area contributed by atoms with E-state index in [1.807, 2.05) is 30.2 Å². The van der Waals surface area contributed by atoms with E-state index in [9.17, 15) is 4.79 Å². The first-order valence-corrected chi connectivity index (χ1v) is 9.67. The minimum absolute atomic E-state index is 0.176. The highest BCUT2D eigenvalue weighted by molar-refractivity contribution is 7.98. The van der Waals surface area contributed by atoms with Crippen LogP contribution >= 0.6 is 11.8 Å². The van der Waals surface area contributed by atoms with Gasteiger partial charge in [0.1, 0.15) is 0 Å². The second-order valence-electron chi connectivity index (χ2n) is 6.41. The van der Waals surface area contributed by atoms with Crippen molar-refractivity contribution < 1.29 is 9.53 Å². The van der Waals surface area contributed by atoms with Crippen LogP contribution in [0.2, 0.25) is 0 Å². The van der Waals surface area contributed by atoms with Crippen molar-refractivity contribution in [2.75, 3.05) is 45.6 Å². The molecule has 0 radical (unpaired) electrons. The number of piperazine rings is 1. The Morgan fingerprint density at radius 3 is 2.74 bits per heavy atom. The van der Waals surface area contributed by atoms with Crippen LogP contribution in [0.15, 0.2) is 23.1 Å². The van der Waals surface area contributed by atoms with Crippen LogP contribution in [0.3, 0.4) is 0 Å². The molecule has 1 aromatic rings. The molecule has 126 valence electrons. The van der Waals surface area contributed by atoms with Crippen molar-refractivity contribution in [2.24, 2.45) is 0 Å². The summed E-state index contributed by atoms with van der Waals surface area (Å²) in [6, 6.07) is 6.16. The van der Waals surface area contributed by atoms with Crippen molar-refractivity contribution in [1.82, 2.24) is 9.80 Å². The molecule has 0 saturated carbocycles. The number of carbonyl (C=O) groups is 1. The van der Waals surface area contributed by atoms with E-state index in [0.29, 0.717) is 6.10 Å². The maximum absolute atomic E-state index is 12.8. The summed E-state index contributed by atoms with van der Waals surface area (Å²) in [5.41, 5.74) is 1.92. The van der Waals surface area contributed by atoms with E-state index in [4.69, 9.17) is 4.74 Å². The molecule has 2 fully saturated rings. The van der Waals surface area contributed by atoms with Gasteiger partial charge < -0.3 is 9.64 Å². The molecule has 1 atom stereocenters. The first-order valence-electron chi connectivity index (χ1n) is 8.45. The van der Waals surface area contributed by atoms with Crippen LogP contribution in [0.25, 0.3) is 0 Å².